The van der Waals surface area contributed by atoms with E-state index in [9.17, 15) is 0 Å². The molecule has 0 N–H and O–H groups in total. The maximum Gasteiger partial charge on any atom is 0.161 e. The van der Waals surface area contributed by atoms with Crippen LogP contribution in [0.15, 0.2) is 10.2 Å². The fraction of sp³-hybridized carbons (Fsp3) is 0.778. The van der Waals surface area contributed by atoms with E-state index >= 15 is 0 Å². The Morgan fingerprint density at radius 2 is 1.62 bits per heavy atom. The minimum Gasteiger partial charge on any atom is -0.198 e. The van der Waals surface area contributed by atoms with Crippen molar-refractivity contribution in [1.29, 1.82) is 10.5 Å². The number of nitrogens with zero attached hydrogens (tertiary/aromatic N) is 4. The molecule has 70 valence electrons. The molecule has 13 heavy (non-hydrogen) atoms. The van der Waals surface area contributed by atoms with Crippen LogP contribution in [0.3, 0.4) is 0 Å². The predicted octanol–water partition coefficient (Wildman–Crippen LogP) is 2.29. The Labute approximate surface area is 78.9 Å². The molecule has 0 saturated heterocycles. The summed E-state index contributed by atoms with van der Waals surface area (Å²) in [5, 5.41) is 24.9. The van der Waals surface area contributed by atoms with Gasteiger partial charge in [0.15, 0.2) is 5.54 Å². The van der Waals surface area contributed by atoms with Crippen molar-refractivity contribution in [2.24, 2.45) is 15.6 Å². The fourth-order valence-electron chi connectivity index (χ4n) is 0.447. The van der Waals surface area contributed by atoms with E-state index in [-0.39, 0.29) is 0 Å². The van der Waals surface area contributed by atoms with Crippen LogP contribution >= 0.6 is 0 Å². The Morgan fingerprint density at radius 3 is 2.00 bits per heavy atom. The van der Waals surface area contributed by atoms with Crippen LogP contribution < -0.4 is 0 Å². The average molecular weight is 178 g/mol. The summed E-state index contributed by atoms with van der Waals surface area (Å²) in [4.78, 5) is 0. The van der Waals surface area contributed by atoms with E-state index in [0.717, 1.165) is 0 Å². The van der Waals surface area contributed by atoms with E-state index in [1.165, 1.54) is 0 Å². The topological polar surface area (TPSA) is 72.3 Å². The van der Waals surface area contributed by atoms with Gasteiger partial charge in [-0.25, -0.2) is 0 Å². The highest BCUT2D eigenvalue weighted by molar-refractivity contribution is 4.99. The zero-order valence-electron chi connectivity index (χ0n) is 8.50. The van der Waals surface area contributed by atoms with Crippen LogP contribution in [0.2, 0.25) is 0 Å². The van der Waals surface area contributed by atoms with Gasteiger partial charge >= 0.3 is 0 Å². The number of nitriles is 2. The molecule has 0 aliphatic rings. The largest absolute Gasteiger partial charge is 0.198 e. The average Bonchev–Trinajstić information content (AvgIpc) is 2.04. The highest BCUT2D eigenvalue weighted by Gasteiger charge is 2.18. The Bertz CT molecular complexity index is 275. The van der Waals surface area contributed by atoms with E-state index in [0.29, 0.717) is 6.54 Å². The zero-order chi connectivity index (χ0) is 10.5. The fourth-order valence-corrected chi connectivity index (χ4v) is 0.447. The molecule has 0 aromatic heterocycles. The number of azo groups is 1. The molecule has 0 fully saturated rings. The van der Waals surface area contributed by atoms with Crippen LogP contribution in [0.1, 0.15) is 27.7 Å². The van der Waals surface area contributed by atoms with Crippen molar-refractivity contribution in [1.82, 2.24) is 0 Å². The molecule has 0 amide bonds. The SMILES string of the molecule is CC(C)(C#N)C/N=N/C(C)(C)C#N. The second kappa shape index (κ2) is 4.00. The van der Waals surface area contributed by atoms with Crippen LogP contribution in [-0.4, -0.2) is 12.1 Å². The van der Waals surface area contributed by atoms with Crippen LogP contribution in [0.4, 0.5) is 0 Å². The second-order valence-corrected chi connectivity index (χ2v) is 4.07. The predicted molar refractivity (Wildman–Crippen MR) is 48.8 cm³/mol. The number of hydrogen-bond donors (Lipinski definition) is 0. The lowest BCUT2D eigenvalue weighted by atomic mass is 9.97. The molecule has 0 aromatic rings. The Morgan fingerprint density at radius 1 is 1.08 bits per heavy atom. The van der Waals surface area contributed by atoms with Gasteiger partial charge in [0.25, 0.3) is 0 Å². The van der Waals surface area contributed by atoms with Crippen molar-refractivity contribution in [3.63, 3.8) is 0 Å². The molecular formula is C9H14N4. The van der Waals surface area contributed by atoms with Crippen molar-refractivity contribution in [2.45, 2.75) is 33.2 Å². The summed E-state index contributed by atoms with van der Waals surface area (Å²) in [7, 11) is 0. The summed E-state index contributed by atoms with van der Waals surface area (Å²) >= 11 is 0. The summed E-state index contributed by atoms with van der Waals surface area (Å²) in [6.45, 7) is 7.25. The lowest BCUT2D eigenvalue weighted by Crippen LogP contribution is -2.15. The molecule has 0 atom stereocenters. The standard InChI is InChI=1S/C9H14N4/c1-8(2,5-10)7-12-13-9(3,4)6-11/h7H2,1-4H3/b13-12+. The molecule has 4 heteroatoms. The molecule has 0 bridgehead atoms. The third-order valence-corrected chi connectivity index (χ3v) is 1.36. The normalized spacial score (nSPS) is 12.5. The summed E-state index contributed by atoms with van der Waals surface area (Å²) in [5.74, 6) is 0. The van der Waals surface area contributed by atoms with Gasteiger partial charge in [0.05, 0.1) is 24.1 Å². The maximum absolute atomic E-state index is 8.66. The highest BCUT2D eigenvalue weighted by Crippen LogP contribution is 2.15. The molecule has 0 rings (SSSR count). The third-order valence-electron chi connectivity index (χ3n) is 1.36. The van der Waals surface area contributed by atoms with E-state index < -0.39 is 11.0 Å². The first-order chi connectivity index (χ1) is 5.83. The summed E-state index contributed by atoms with van der Waals surface area (Å²) in [6, 6.07) is 4.11. The third kappa shape index (κ3) is 4.92. The van der Waals surface area contributed by atoms with Gasteiger partial charge in [0.2, 0.25) is 0 Å². The van der Waals surface area contributed by atoms with Crippen LogP contribution in [0.25, 0.3) is 0 Å². The molecule has 0 spiro atoms. The van der Waals surface area contributed by atoms with E-state index in [1.54, 1.807) is 27.7 Å². The van der Waals surface area contributed by atoms with Gasteiger partial charge in [-0.05, 0) is 27.7 Å². The van der Waals surface area contributed by atoms with Gasteiger partial charge in [-0.3, -0.25) is 0 Å². The quantitative estimate of drug-likeness (QED) is 0.622. The van der Waals surface area contributed by atoms with E-state index in [2.05, 4.69) is 16.3 Å². The Hall–Kier alpha value is -1.42. The summed E-state index contributed by atoms with van der Waals surface area (Å²) in [5.41, 5.74) is -1.29. The molecule has 0 radical (unpaired) electrons. The van der Waals surface area contributed by atoms with Gasteiger partial charge in [-0.15, -0.1) is 0 Å². The van der Waals surface area contributed by atoms with E-state index in [4.69, 9.17) is 10.5 Å². The zero-order valence-corrected chi connectivity index (χ0v) is 8.50. The van der Waals surface area contributed by atoms with Gasteiger partial charge in [-0.2, -0.15) is 20.8 Å². The lowest BCUT2D eigenvalue weighted by molar-refractivity contribution is 0.482. The minimum absolute atomic E-state index is 0.328. The molecular weight excluding hydrogens is 164 g/mol. The smallest absolute Gasteiger partial charge is 0.161 e. The van der Waals surface area contributed by atoms with Crippen LogP contribution in [0, 0.1) is 28.1 Å². The van der Waals surface area contributed by atoms with Crippen LogP contribution in [-0.2, 0) is 0 Å². The first-order valence-electron chi connectivity index (χ1n) is 4.04. The van der Waals surface area contributed by atoms with Gasteiger partial charge in [-0.1, -0.05) is 0 Å². The van der Waals surface area contributed by atoms with Crippen molar-refractivity contribution < 1.29 is 0 Å². The molecule has 0 aliphatic carbocycles. The molecule has 0 heterocycles. The van der Waals surface area contributed by atoms with Crippen molar-refractivity contribution >= 4 is 0 Å². The lowest BCUT2D eigenvalue weighted by Gasteiger charge is -2.11. The summed E-state index contributed by atoms with van der Waals surface area (Å²) < 4.78 is 0. The Kier molecular flexibility index (Phi) is 3.56. The number of hydrogen-bond acceptors (Lipinski definition) is 4. The van der Waals surface area contributed by atoms with Crippen molar-refractivity contribution in [3.05, 3.63) is 0 Å². The van der Waals surface area contributed by atoms with Crippen LogP contribution in [0.5, 0.6) is 0 Å². The molecule has 0 aromatic carbocycles. The first kappa shape index (κ1) is 11.6. The molecule has 0 aliphatic heterocycles. The molecule has 0 unspecified atom stereocenters. The van der Waals surface area contributed by atoms with Crippen molar-refractivity contribution in [3.8, 4) is 12.1 Å². The Balaban J connectivity index is 4.22. The van der Waals surface area contributed by atoms with Gasteiger partial charge in [0.1, 0.15) is 0 Å². The maximum atomic E-state index is 8.66. The van der Waals surface area contributed by atoms with Gasteiger partial charge in [0, 0.05) is 0 Å². The molecule has 0 saturated carbocycles. The minimum atomic E-state index is -0.786. The molecule has 4 nitrogen and oxygen atoms in total. The highest BCUT2D eigenvalue weighted by atomic mass is 15.1. The second-order valence-electron chi connectivity index (χ2n) is 4.07. The number of rotatable bonds is 3. The first-order valence-corrected chi connectivity index (χ1v) is 4.04. The van der Waals surface area contributed by atoms with Crippen molar-refractivity contribution in [2.75, 3.05) is 6.54 Å². The monoisotopic (exact) mass is 178 g/mol. The van der Waals surface area contributed by atoms with E-state index in [1.807, 2.05) is 6.07 Å². The summed E-state index contributed by atoms with van der Waals surface area (Å²) in [6.07, 6.45) is 0. The van der Waals surface area contributed by atoms with Gasteiger partial charge < -0.3 is 0 Å².